The maximum Gasteiger partial charge on any atom is 0.244 e. The second kappa shape index (κ2) is 10.9. The van der Waals surface area contributed by atoms with Gasteiger partial charge in [0.05, 0.1) is 28.8 Å². The van der Waals surface area contributed by atoms with Gasteiger partial charge in [0.1, 0.15) is 6.04 Å². The number of carbonyl (C=O) groups excluding carboxylic acids is 1. The van der Waals surface area contributed by atoms with E-state index >= 15 is 0 Å². The fourth-order valence-corrected chi connectivity index (χ4v) is 4.74. The molecule has 2 aromatic carbocycles. The first-order valence-corrected chi connectivity index (χ1v) is 13.0. The molecule has 15 heteroatoms. The Kier molecular flexibility index (Phi) is 7.12. The zero-order chi connectivity index (χ0) is 27.8. The van der Waals surface area contributed by atoms with Crippen molar-refractivity contribution in [3.8, 4) is 5.69 Å². The maximum atomic E-state index is 13.6. The predicted molar refractivity (Wildman–Crippen MR) is 148 cm³/mol. The van der Waals surface area contributed by atoms with Gasteiger partial charge < -0.3 is 5.32 Å². The molecule has 1 aliphatic heterocycles. The molecule has 40 heavy (non-hydrogen) atoms. The Morgan fingerprint density at radius 2 is 1.88 bits per heavy atom. The molecule has 206 valence electrons. The van der Waals surface area contributed by atoms with Gasteiger partial charge in [-0.1, -0.05) is 28.4 Å². The Morgan fingerprint density at radius 3 is 2.60 bits per heavy atom. The number of hydrogen-bond acceptors (Lipinski definition) is 9. The number of aromatic nitrogens is 7. The van der Waals surface area contributed by atoms with Crippen LogP contribution >= 0.6 is 23.2 Å². The van der Waals surface area contributed by atoms with Crippen molar-refractivity contribution in [1.82, 2.24) is 39.6 Å². The maximum absolute atomic E-state index is 13.6. The number of aryl methyl sites for hydroxylation is 2. The first-order valence-electron chi connectivity index (χ1n) is 12.2. The molecular formula is C25H24Cl2N10O3. The highest BCUT2D eigenvalue weighted by molar-refractivity contribution is 6.31. The van der Waals surface area contributed by atoms with Crippen LogP contribution in [0.3, 0.4) is 0 Å². The molecule has 1 fully saturated rings. The van der Waals surface area contributed by atoms with Crippen molar-refractivity contribution in [2.75, 3.05) is 23.8 Å². The van der Waals surface area contributed by atoms with Crippen LogP contribution < -0.4 is 10.4 Å². The average molecular weight is 583 g/mol. The average Bonchev–Trinajstić information content (AvgIpc) is 3.66. The summed E-state index contributed by atoms with van der Waals surface area (Å²) < 4.78 is 4.93. The van der Waals surface area contributed by atoms with E-state index in [2.05, 4.69) is 25.8 Å². The standard InChI is InChI=1S/C25H24Cl2N10O3/c1-33-8-7-19(30-33)11-23(25(38)28-18-4-5-20-16(9-18)12-34(2)31-20)37-15-39-36(14-40-37)22-10-17(26)3-6-21(22)35-13-24(27)29-32-35/h3-10,12-13,23H,11,14-15H2,1-2H3,(H,28,38)/t23-/m1/s1. The largest absolute Gasteiger partial charge is 0.325 e. The van der Waals surface area contributed by atoms with E-state index in [4.69, 9.17) is 32.9 Å². The monoisotopic (exact) mass is 582 g/mol. The van der Waals surface area contributed by atoms with Crippen molar-refractivity contribution in [3.63, 3.8) is 0 Å². The van der Waals surface area contributed by atoms with Crippen LogP contribution in [-0.4, -0.2) is 65.0 Å². The van der Waals surface area contributed by atoms with Crippen LogP contribution in [0, 0.1) is 0 Å². The van der Waals surface area contributed by atoms with Crippen LogP contribution in [0.25, 0.3) is 16.6 Å². The van der Waals surface area contributed by atoms with Gasteiger partial charge in [0.25, 0.3) is 0 Å². The van der Waals surface area contributed by atoms with Crippen molar-refractivity contribution in [1.29, 1.82) is 0 Å². The fourth-order valence-electron chi connectivity index (χ4n) is 4.45. The summed E-state index contributed by atoms with van der Waals surface area (Å²) >= 11 is 12.3. The van der Waals surface area contributed by atoms with Gasteiger partial charge in [-0.05, 0) is 42.5 Å². The molecule has 0 bridgehead atoms. The zero-order valence-corrected chi connectivity index (χ0v) is 23.0. The van der Waals surface area contributed by atoms with Crippen molar-refractivity contribution in [2.45, 2.75) is 12.5 Å². The molecule has 5 aromatic rings. The molecule has 13 nitrogen and oxygen atoms in total. The van der Waals surface area contributed by atoms with Gasteiger partial charge in [0, 0.05) is 49.0 Å². The van der Waals surface area contributed by atoms with E-state index in [1.807, 2.05) is 50.8 Å². The Bertz CT molecular complexity index is 1670. The number of nitrogens with zero attached hydrogens (tertiary/aromatic N) is 9. The highest BCUT2D eigenvalue weighted by Crippen LogP contribution is 2.30. The Balaban J connectivity index is 1.21. The molecule has 0 spiro atoms. The van der Waals surface area contributed by atoms with Crippen LogP contribution in [0.1, 0.15) is 5.69 Å². The minimum absolute atomic E-state index is 0.0244. The van der Waals surface area contributed by atoms with Crippen molar-refractivity contribution in [3.05, 3.63) is 76.9 Å². The lowest BCUT2D eigenvalue weighted by atomic mass is 10.1. The number of rotatable bonds is 7. The van der Waals surface area contributed by atoms with Gasteiger partial charge >= 0.3 is 0 Å². The molecule has 0 radical (unpaired) electrons. The van der Waals surface area contributed by atoms with Crippen molar-refractivity contribution in [2.24, 2.45) is 14.1 Å². The molecule has 0 saturated carbocycles. The van der Waals surface area contributed by atoms with Crippen LogP contribution in [0.4, 0.5) is 11.4 Å². The summed E-state index contributed by atoms with van der Waals surface area (Å²) in [5.74, 6) is -0.272. The van der Waals surface area contributed by atoms with Gasteiger partial charge in [-0.25, -0.2) is 9.75 Å². The second-order valence-corrected chi connectivity index (χ2v) is 10.0. The number of anilines is 2. The number of hydrogen-bond donors (Lipinski definition) is 1. The minimum atomic E-state index is -0.741. The summed E-state index contributed by atoms with van der Waals surface area (Å²) in [5, 5.41) is 24.4. The lowest BCUT2D eigenvalue weighted by molar-refractivity contribution is -0.279. The second-order valence-electron chi connectivity index (χ2n) is 9.20. The molecule has 1 atom stereocenters. The topological polar surface area (TPSA) is 120 Å². The molecule has 1 aliphatic rings. The number of amides is 1. The van der Waals surface area contributed by atoms with Crippen LogP contribution in [0.15, 0.2) is 61.1 Å². The third-order valence-corrected chi connectivity index (χ3v) is 6.72. The minimum Gasteiger partial charge on any atom is -0.325 e. The summed E-state index contributed by atoms with van der Waals surface area (Å²) in [6.45, 7) is -0.0694. The summed E-state index contributed by atoms with van der Waals surface area (Å²) in [6, 6.07) is 11.9. The normalized spacial score (nSPS) is 15.1. The van der Waals surface area contributed by atoms with E-state index in [1.165, 1.54) is 14.8 Å². The van der Waals surface area contributed by atoms with Gasteiger partial charge in [0.15, 0.2) is 18.6 Å². The summed E-state index contributed by atoms with van der Waals surface area (Å²) in [6.07, 6.45) is 5.59. The van der Waals surface area contributed by atoms with Crippen molar-refractivity contribution < 1.29 is 14.5 Å². The first kappa shape index (κ1) is 26.2. The highest BCUT2D eigenvalue weighted by atomic mass is 35.5. The number of halogens is 2. The third-order valence-electron chi connectivity index (χ3n) is 6.31. The number of carbonyl (C=O) groups is 1. The van der Waals surface area contributed by atoms with Crippen LogP contribution in [0.2, 0.25) is 10.2 Å². The summed E-state index contributed by atoms with van der Waals surface area (Å²) in [5.41, 5.74) is 3.44. The van der Waals surface area contributed by atoms with E-state index < -0.39 is 6.04 Å². The quantitative estimate of drug-likeness (QED) is 0.308. The van der Waals surface area contributed by atoms with Gasteiger partial charge in [0.2, 0.25) is 5.91 Å². The van der Waals surface area contributed by atoms with E-state index in [9.17, 15) is 4.79 Å². The Morgan fingerprint density at radius 1 is 1.00 bits per heavy atom. The molecule has 1 amide bonds. The number of nitrogens with one attached hydrogen (secondary N) is 1. The van der Waals surface area contributed by atoms with E-state index in [0.29, 0.717) is 28.5 Å². The molecule has 3 aromatic heterocycles. The number of benzene rings is 2. The molecule has 0 aliphatic carbocycles. The smallest absolute Gasteiger partial charge is 0.244 e. The fraction of sp³-hybridized carbons (Fsp3) is 0.240. The first-order chi connectivity index (χ1) is 19.3. The molecule has 4 heterocycles. The van der Waals surface area contributed by atoms with E-state index in [-0.39, 0.29) is 24.5 Å². The molecular weight excluding hydrogens is 559 g/mol. The number of hydroxylamine groups is 3. The van der Waals surface area contributed by atoms with E-state index in [1.54, 1.807) is 33.8 Å². The molecule has 0 unspecified atom stereocenters. The third kappa shape index (κ3) is 5.50. The summed E-state index contributed by atoms with van der Waals surface area (Å²) in [4.78, 5) is 25.7. The van der Waals surface area contributed by atoms with Crippen LogP contribution in [-0.2, 0) is 35.0 Å². The lowest BCUT2D eigenvalue weighted by Crippen LogP contribution is -2.52. The van der Waals surface area contributed by atoms with Crippen molar-refractivity contribution >= 4 is 51.4 Å². The summed E-state index contributed by atoms with van der Waals surface area (Å²) in [7, 11) is 3.68. The SMILES string of the molecule is Cn1ccc(C[C@H](C(=O)Nc2ccc3nn(C)cc3c2)N2CON(c3cc(Cl)ccc3-n3cc(Cl)nn3)CO2)n1. The zero-order valence-electron chi connectivity index (χ0n) is 21.5. The lowest BCUT2D eigenvalue weighted by Gasteiger charge is -2.38. The molecule has 1 N–H and O–H groups in total. The Hall–Kier alpha value is -4.01. The Labute approximate surface area is 238 Å². The van der Waals surface area contributed by atoms with Gasteiger partial charge in [-0.3, -0.25) is 23.8 Å². The van der Waals surface area contributed by atoms with Gasteiger partial charge in [-0.2, -0.15) is 10.2 Å². The highest BCUT2D eigenvalue weighted by Gasteiger charge is 2.33. The molecule has 6 rings (SSSR count). The molecule has 1 saturated heterocycles. The van der Waals surface area contributed by atoms with Gasteiger partial charge in [-0.15, -0.1) is 10.2 Å². The number of fused-ring (bicyclic) bond motifs is 1. The van der Waals surface area contributed by atoms with Crippen LogP contribution in [0.5, 0.6) is 0 Å². The predicted octanol–water partition coefficient (Wildman–Crippen LogP) is 3.34. The van der Waals surface area contributed by atoms with E-state index in [0.717, 1.165) is 16.6 Å².